The summed E-state index contributed by atoms with van der Waals surface area (Å²) in [6, 6.07) is 21.2. The molecule has 7 atom stereocenters. The van der Waals surface area contributed by atoms with Gasteiger partial charge in [-0.15, -0.1) is 11.8 Å². The summed E-state index contributed by atoms with van der Waals surface area (Å²) in [6.07, 6.45) is 12.4. The van der Waals surface area contributed by atoms with Crippen LogP contribution < -0.4 is 0 Å². The van der Waals surface area contributed by atoms with E-state index in [4.69, 9.17) is 0 Å². The Kier molecular flexibility index (Phi) is 13.9. The molecular weight excluding hydrogens is 741 g/mol. The summed E-state index contributed by atoms with van der Waals surface area (Å²) < 4.78 is 12.3. The molecule has 5 unspecified atom stereocenters. The number of hydrogen-bond acceptors (Lipinski definition) is 6. The van der Waals surface area contributed by atoms with Crippen molar-refractivity contribution in [3.05, 3.63) is 71.8 Å². The predicted molar refractivity (Wildman–Crippen MR) is 225 cm³/mol. The van der Waals surface area contributed by atoms with Gasteiger partial charge in [-0.2, -0.15) is 0 Å². The van der Waals surface area contributed by atoms with Crippen molar-refractivity contribution in [3.63, 3.8) is 0 Å². The molecular formula is C45H62N4O5S2. The van der Waals surface area contributed by atoms with Gasteiger partial charge >= 0.3 is 0 Å². The molecule has 9 nitrogen and oxygen atoms in total. The molecule has 4 saturated heterocycles. The Balaban J connectivity index is 0.000000164. The van der Waals surface area contributed by atoms with Crippen molar-refractivity contribution in [3.8, 4) is 0 Å². The Labute approximate surface area is 341 Å². The molecule has 2 aromatic rings. The van der Waals surface area contributed by atoms with E-state index in [1.807, 2.05) is 59.7 Å². The fourth-order valence-electron chi connectivity index (χ4n) is 9.72. The Hall–Kier alpha value is -3.18. The van der Waals surface area contributed by atoms with Crippen LogP contribution in [0.25, 0.3) is 0 Å². The van der Waals surface area contributed by atoms with Crippen LogP contribution in [0, 0.1) is 11.8 Å². The number of benzene rings is 2. The molecule has 4 saturated carbocycles. The van der Waals surface area contributed by atoms with Gasteiger partial charge in [0.05, 0.1) is 17.8 Å². The van der Waals surface area contributed by atoms with Gasteiger partial charge in [-0.3, -0.25) is 23.4 Å². The molecule has 0 aromatic heterocycles. The van der Waals surface area contributed by atoms with Crippen LogP contribution in [0.2, 0.25) is 0 Å². The minimum atomic E-state index is -1.04. The molecule has 56 heavy (non-hydrogen) atoms. The molecule has 2 aromatic carbocycles. The number of carbonyl (C=O) groups is 4. The molecule has 4 amide bonds. The quantitative estimate of drug-likeness (QED) is 0.274. The minimum absolute atomic E-state index is 0.0130. The third kappa shape index (κ3) is 9.74. The maximum atomic E-state index is 12.9. The number of nitrogens with zero attached hydrogens (tertiary/aromatic N) is 4. The fourth-order valence-corrected chi connectivity index (χ4v) is 12.4. The highest BCUT2D eigenvalue weighted by atomic mass is 32.2. The molecule has 10 rings (SSSR count). The number of fused-ring (bicyclic) bond motifs is 2. The second-order valence-electron chi connectivity index (χ2n) is 16.7. The molecule has 8 aliphatic rings. The smallest absolute Gasteiger partial charge is 0.235 e. The Morgan fingerprint density at radius 2 is 1.11 bits per heavy atom. The van der Waals surface area contributed by atoms with Crippen molar-refractivity contribution >= 4 is 46.2 Å². The number of amides is 4. The third-order valence-electron chi connectivity index (χ3n) is 13.1. The summed E-state index contributed by atoms with van der Waals surface area (Å²) in [5.41, 5.74) is 2.54. The third-order valence-corrected chi connectivity index (χ3v) is 16.2. The van der Waals surface area contributed by atoms with E-state index in [-0.39, 0.29) is 46.7 Å². The molecule has 2 bridgehead atoms. The van der Waals surface area contributed by atoms with Gasteiger partial charge in [0.15, 0.2) is 0 Å². The van der Waals surface area contributed by atoms with Crippen molar-refractivity contribution < 1.29 is 23.4 Å². The van der Waals surface area contributed by atoms with Crippen molar-refractivity contribution in [2.75, 3.05) is 50.8 Å². The van der Waals surface area contributed by atoms with E-state index in [2.05, 4.69) is 41.3 Å². The van der Waals surface area contributed by atoms with Crippen molar-refractivity contribution in [1.29, 1.82) is 0 Å². The molecule has 0 N–H and O–H groups in total. The Morgan fingerprint density at radius 1 is 0.625 bits per heavy atom. The number of piperidine rings is 1. The van der Waals surface area contributed by atoms with Crippen LogP contribution in [0.3, 0.4) is 0 Å². The average molecular weight is 803 g/mol. The van der Waals surface area contributed by atoms with Crippen molar-refractivity contribution in [1.82, 2.24) is 19.6 Å². The minimum Gasteiger partial charge on any atom is -0.339 e. The van der Waals surface area contributed by atoms with Gasteiger partial charge in [-0.05, 0) is 67.9 Å². The maximum absolute atomic E-state index is 12.9. The van der Waals surface area contributed by atoms with Crippen LogP contribution in [-0.2, 0) is 30.0 Å². The van der Waals surface area contributed by atoms with E-state index in [1.165, 1.54) is 36.8 Å². The summed E-state index contributed by atoms with van der Waals surface area (Å²) in [4.78, 5) is 58.6. The molecule has 4 aliphatic carbocycles. The lowest BCUT2D eigenvalue weighted by Crippen LogP contribution is -2.71. The number of piperazine rings is 2. The van der Waals surface area contributed by atoms with E-state index >= 15 is 0 Å². The average Bonchev–Trinajstić information content (AvgIpc) is 4.09. The second-order valence-corrected chi connectivity index (χ2v) is 19.7. The molecule has 11 heteroatoms. The van der Waals surface area contributed by atoms with Crippen molar-refractivity contribution in [2.24, 2.45) is 11.8 Å². The standard InChI is InChI=1S/C22H28N2O2S.C21H28N2O3S.C2H6/c25-21(14-27-18-8-4-5-9-18)24-16-10-17(24)13-23(12-16)22(26)20-11-19(20)15-6-2-1-3-7-15;24-20(15-27(26)17-8-4-5-9-17)22-10-12-23(13-11-22)21(25)19-14-18(19)16-6-2-1-3-7-16;1-2/h1-3,6-7,16-20H,4-5,8-14H2;1-3,6-7,17-19H,4-5,8-15H2;1-2H3/t16?,17?,19?,20-;18-,19?,27?;/m01./s1. The Morgan fingerprint density at radius 3 is 1.64 bits per heavy atom. The van der Waals surface area contributed by atoms with Gasteiger partial charge in [0.1, 0.15) is 5.75 Å². The second kappa shape index (κ2) is 19.0. The van der Waals surface area contributed by atoms with Gasteiger partial charge in [-0.25, -0.2) is 0 Å². The zero-order valence-electron chi connectivity index (χ0n) is 33.5. The lowest BCUT2D eigenvalue weighted by Gasteiger charge is -2.56. The first-order valence-electron chi connectivity index (χ1n) is 21.6. The van der Waals surface area contributed by atoms with Crippen LogP contribution in [0.1, 0.15) is 107 Å². The number of thioether (sulfide) groups is 1. The van der Waals surface area contributed by atoms with Crippen LogP contribution in [0.4, 0.5) is 0 Å². The summed E-state index contributed by atoms with van der Waals surface area (Å²) in [5.74, 6) is 2.62. The fraction of sp³-hybridized carbons (Fsp3) is 0.644. The van der Waals surface area contributed by atoms with Gasteiger partial charge in [0.2, 0.25) is 23.6 Å². The lowest BCUT2D eigenvalue weighted by molar-refractivity contribution is -0.159. The van der Waals surface area contributed by atoms with Gasteiger partial charge in [0, 0.05) is 72.4 Å². The number of rotatable bonds is 10. The molecule has 4 heterocycles. The molecule has 8 fully saturated rings. The van der Waals surface area contributed by atoms with Crippen LogP contribution in [-0.4, -0.2) is 121 Å². The SMILES string of the molecule is CC.O=C(CS(=O)C1CCCC1)N1CCN(C(=O)C2C[C@@H]2c2ccccc2)CC1.O=C([C@H]1CC1c1ccccc1)N1CC2CC(C1)N2C(=O)CSC1CCCC1. The topological polar surface area (TPSA) is 98.3 Å². The van der Waals surface area contributed by atoms with Crippen LogP contribution in [0.15, 0.2) is 60.7 Å². The molecule has 0 spiro atoms. The van der Waals surface area contributed by atoms with Gasteiger partial charge in [0.25, 0.3) is 0 Å². The number of hydrogen-bond donors (Lipinski definition) is 0. The monoisotopic (exact) mass is 802 g/mol. The highest BCUT2D eigenvalue weighted by Gasteiger charge is 2.52. The maximum Gasteiger partial charge on any atom is 0.235 e. The first kappa shape index (κ1) is 41.0. The van der Waals surface area contributed by atoms with Gasteiger partial charge < -0.3 is 19.6 Å². The summed E-state index contributed by atoms with van der Waals surface area (Å²) in [7, 11) is -1.04. The summed E-state index contributed by atoms with van der Waals surface area (Å²) in [5, 5.41) is 0.902. The normalized spacial score (nSPS) is 28.6. The summed E-state index contributed by atoms with van der Waals surface area (Å²) >= 11 is 1.86. The largest absolute Gasteiger partial charge is 0.339 e. The highest BCUT2D eigenvalue weighted by Crippen LogP contribution is 2.50. The van der Waals surface area contributed by atoms with E-state index in [1.54, 1.807) is 4.90 Å². The number of carbonyl (C=O) groups excluding carboxylic acids is 4. The zero-order chi connectivity index (χ0) is 39.2. The van der Waals surface area contributed by atoms with E-state index in [0.717, 1.165) is 58.0 Å². The van der Waals surface area contributed by atoms with Crippen molar-refractivity contribution in [2.45, 2.75) is 119 Å². The summed E-state index contributed by atoms with van der Waals surface area (Å²) in [6.45, 7) is 7.81. The predicted octanol–water partition coefficient (Wildman–Crippen LogP) is 6.46. The van der Waals surface area contributed by atoms with E-state index < -0.39 is 10.8 Å². The van der Waals surface area contributed by atoms with E-state index in [9.17, 15) is 23.4 Å². The molecule has 4 aliphatic heterocycles. The Bertz CT molecular complexity index is 1660. The van der Waals surface area contributed by atoms with Crippen LogP contribution >= 0.6 is 11.8 Å². The molecule has 304 valence electrons. The zero-order valence-corrected chi connectivity index (χ0v) is 35.1. The molecule has 0 radical (unpaired) electrons. The highest BCUT2D eigenvalue weighted by molar-refractivity contribution is 8.00. The van der Waals surface area contributed by atoms with Crippen LogP contribution in [0.5, 0.6) is 0 Å². The van der Waals surface area contributed by atoms with Gasteiger partial charge in [-0.1, -0.05) is 100 Å². The first-order chi connectivity index (χ1) is 27.3. The van der Waals surface area contributed by atoms with E-state index in [0.29, 0.717) is 60.8 Å². The lowest BCUT2D eigenvalue weighted by atomic mass is 9.87. The first-order valence-corrected chi connectivity index (χ1v) is 24.0.